The molecule has 0 spiro atoms. The number of nitrogens with one attached hydrogen (secondary N) is 1. The Bertz CT molecular complexity index is 542. The number of pyridine rings is 1. The number of carboxylic acid groups (broad SMARTS) is 1. The Hall–Kier alpha value is -2.22. The molecule has 1 aromatic rings. The Labute approximate surface area is 114 Å². The van der Waals surface area contributed by atoms with E-state index in [-0.39, 0.29) is 23.4 Å². The standard InChI is InChI=1S/C12H15N3O5/c16-4-3-12(1-2-12)7-14-10-5-8(11(17)18)9(6-13-10)15(19)20/h5-6,16H,1-4,7H2,(H,13,14)(H,17,18). The fourth-order valence-corrected chi connectivity index (χ4v) is 2.07. The van der Waals surface area contributed by atoms with Crippen molar-refractivity contribution in [2.75, 3.05) is 18.5 Å². The van der Waals surface area contributed by atoms with Crippen LogP contribution in [0, 0.1) is 15.5 Å². The lowest BCUT2D eigenvalue weighted by atomic mass is 10.0. The minimum absolute atomic E-state index is 0.0432. The zero-order chi connectivity index (χ0) is 14.8. The van der Waals surface area contributed by atoms with Gasteiger partial charge in [0.1, 0.15) is 17.6 Å². The van der Waals surface area contributed by atoms with Crippen LogP contribution in [0.15, 0.2) is 12.3 Å². The summed E-state index contributed by atoms with van der Waals surface area (Å²) in [4.78, 5) is 24.8. The minimum atomic E-state index is -1.36. The van der Waals surface area contributed by atoms with Gasteiger partial charge in [-0.2, -0.15) is 0 Å². The van der Waals surface area contributed by atoms with Gasteiger partial charge in [-0.05, 0) is 24.7 Å². The summed E-state index contributed by atoms with van der Waals surface area (Å²) < 4.78 is 0. The van der Waals surface area contributed by atoms with E-state index in [0.717, 1.165) is 25.1 Å². The van der Waals surface area contributed by atoms with Crippen LogP contribution in [0.4, 0.5) is 11.5 Å². The summed E-state index contributed by atoms with van der Waals surface area (Å²) in [5.74, 6) is -1.07. The second kappa shape index (κ2) is 5.41. The molecular formula is C12H15N3O5. The molecule has 3 N–H and O–H groups in total. The molecule has 0 aromatic carbocycles. The van der Waals surface area contributed by atoms with Crippen molar-refractivity contribution in [1.82, 2.24) is 4.98 Å². The number of anilines is 1. The molecule has 108 valence electrons. The van der Waals surface area contributed by atoms with E-state index < -0.39 is 16.6 Å². The van der Waals surface area contributed by atoms with Crippen LogP contribution >= 0.6 is 0 Å². The van der Waals surface area contributed by atoms with Gasteiger partial charge in [0, 0.05) is 19.2 Å². The minimum Gasteiger partial charge on any atom is -0.477 e. The molecule has 2 rings (SSSR count). The van der Waals surface area contributed by atoms with Gasteiger partial charge >= 0.3 is 11.7 Å². The van der Waals surface area contributed by atoms with Gasteiger partial charge in [0.15, 0.2) is 0 Å². The molecule has 0 aliphatic heterocycles. The first kappa shape index (κ1) is 14.2. The monoisotopic (exact) mass is 281 g/mol. The summed E-state index contributed by atoms with van der Waals surface area (Å²) in [6, 6.07) is 1.16. The zero-order valence-corrected chi connectivity index (χ0v) is 10.7. The number of hydrogen-bond donors (Lipinski definition) is 3. The Morgan fingerprint density at radius 2 is 2.25 bits per heavy atom. The SMILES string of the molecule is O=C(O)c1cc(NCC2(CCO)CC2)ncc1[N+](=O)[O-]. The molecule has 8 nitrogen and oxygen atoms in total. The van der Waals surface area contributed by atoms with Gasteiger partial charge in [0.2, 0.25) is 0 Å². The van der Waals surface area contributed by atoms with Crippen LogP contribution < -0.4 is 5.32 Å². The highest BCUT2D eigenvalue weighted by atomic mass is 16.6. The first-order valence-electron chi connectivity index (χ1n) is 6.20. The van der Waals surface area contributed by atoms with Crippen LogP contribution in [-0.4, -0.2) is 39.2 Å². The lowest BCUT2D eigenvalue weighted by molar-refractivity contribution is -0.385. The van der Waals surface area contributed by atoms with E-state index in [1.54, 1.807) is 0 Å². The zero-order valence-electron chi connectivity index (χ0n) is 10.7. The van der Waals surface area contributed by atoms with E-state index in [4.69, 9.17) is 10.2 Å². The molecule has 20 heavy (non-hydrogen) atoms. The summed E-state index contributed by atoms with van der Waals surface area (Å²) >= 11 is 0. The summed E-state index contributed by atoms with van der Waals surface area (Å²) in [6.07, 6.45) is 3.62. The van der Waals surface area contributed by atoms with Crippen molar-refractivity contribution in [3.8, 4) is 0 Å². The second-order valence-corrected chi connectivity index (χ2v) is 4.98. The van der Waals surface area contributed by atoms with E-state index in [9.17, 15) is 14.9 Å². The lowest BCUT2D eigenvalue weighted by Crippen LogP contribution is -2.18. The highest BCUT2D eigenvalue weighted by Gasteiger charge is 2.41. The number of nitro groups is 1. The van der Waals surface area contributed by atoms with Crippen molar-refractivity contribution in [2.24, 2.45) is 5.41 Å². The third-order valence-corrected chi connectivity index (χ3v) is 3.55. The van der Waals surface area contributed by atoms with Gasteiger partial charge in [0.05, 0.1) is 4.92 Å². The average Bonchev–Trinajstić information content (AvgIpc) is 3.16. The molecular weight excluding hydrogens is 266 g/mol. The molecule has 0 saturated heterocycles. The smallest absolute Gasteiger partial charge is 0.342 e. The molecule has 1 aliphatic rings. The first-order chi connectivity index (χ1) is 9.47. The van der Waals surface area contributed by atoms with Crippen molar-refractivity contribution >= 4 is 17.5 Å². The molecule has 0 amide bonds. The van der Waals surface area contributed by atoms with E-state index in [1.165, 1.54) is 0 Å². The summed E-state index contributed by atoms with van der Waals surface area (Å²) in [5, 5.41) is 31.6. The van der Waals surface area contributed by atoms with Gasteiger partial charge < -0.3 is 15.5 Å². The number of carboxylic acids is 1. The highest BCUT2D eigenvalue weighted by molar-refractivity contribution is 5.93. The largest absolute Gasteiger partial charge is 0.477 e. The molecule has 0 bridgehead atoms. The molecule has 0 atom stereocenters. The van der Waals surface area contributed by atoms with Gasteiger partial charge in [-0.1, -0.05) is 0 Å². The first-order valence-corrected chi connectivity index (χ1v) is 6.20. The number of hydrogen-bond acceptors (Lipinski definition) is 6. The van der Waals surface area contributed by atoms with E-state index in [1.807, 2.05) is 0 Å². The Morgan fingerprint density at radius 3 is 2.75 bits per heavy atom. The van der Waals surface area contributed by atoms with Crippen molar-refractivity contribution in [3.63, 3.8) is 0 Å². The third kappa shape index (κ3) is 3.02. The van der Waals surface area contributed by atoms with Gasteiger partial charge in [-0.3, -0.25) is 10.1 Å². The van der Waals surface area contributed by atoms with Crippen LogP contribution in [0.25, 0.3) is 0 Å². The number of aromatic carboxylic acids is 1. The van der Waals surface area contributed by atoms with Crippen LogP contribution in [-0.2, 0) is 0 Å². The molecule has 0 unspecified atom stereocenters. The highest BCUT2D eigenvalue weighted by Crippen LogP contribution is 2.48. The Balaban J connectivity index is 2.11. The van der Waals surface area contributed by atoms with E-state index in [2.05, 4.69) is 10.3 Å². The van der Waals surface area contributed by atoms with Gasteiger partial charge in [-0.25, -0.2) is 9.78 Å². The van der Waals surface area contributed by atoms with E-state index >= 15 is 0 Å². The lowest BCUT2D eigenvalue weighted by Gasteiger charge is -2.15. The molecule has 1 fully saturated rings. The van der Waals surface area contributed by atoms with Crippen molar-refractivity contribution in [2.45, 2.75) is 19.3 Å². The topological polar surface area (TPSA) is 126 Å². The van der Waals surface area contributed by atoms with Crippen LogP contribution in [0.2, 0.25) is 0 Å². The summed E-state index contributed by atoms with van der Waals surface area (Å²) in [6.45, 7) is 0.674. The quantitative estimate of drug-likeness (QED) is 0.507. The van der Waals surface area contributed by atoms with Crippen LogP contribution in [0.1, 0.15) is 29.6 Å². The molecule has 1 aromatic heterocycles. The van der Waals surface area contributed by atoms with Gasteiger partial charge in [-0.15, -0.1) is 0 Å². The van der Waals surface area contributed by atoms with Crippen LogP contribution in [0.3, 0.4) is 0 Å². The maximum atomic E-state index is 11.0. The van der Waals surface area contributed by atoms with Crippen LogP contribution in [0.5, 0.6) is 0 Å². The Kier molecular flexibility index (Phi) is 3.84. The average molecular weight is 281 g/mol. The molecule has 1 saturated carbocycles. The van der Waals surface area contributed by atoms with Gasteiger partial charge in [0.25, 0.3) is 0 Å². The number of aliphatic hydroxyl groups is 1. The number of carbonyl (C=O) groups is 1. The maximum Gasteiger partial charge on any atom is 0.342 e. The van der Waals surface area contributed by atoms with Crippen molar-refractivity contribution in [1.29, 1.82) is 0 Å². The molecule has 1 aliphatic carbocycles. The normalized spacial score (nSPS) is 15.7. The molecule has 0 radical (unpaired) electrons. The Morgan fingerprint density at radius 1 is 1.55 bits per heavy atom. The maximum absolute atomic E-state index is 11.0. The summed E-state index contributed by atoms with van der Waals surface area (Å²) in [7, 11) is 0. The number of aromatic nitrogens is 1. The molecule has 8 heteroatoms. The van der Waals surface area contributed by atoms with E-state index in [0.29, 0.717) is 13.0 Å². The predicted octanol–water partition coefficient (Wildman–Crippen LogP) is 1.26. The number of nitrogens with zero attached hydrogens (tertiary/aromatic N) is 2. The molecule has 1 heterocycles. The number of aliphatic hydroxyl groups excluding tert-OH is 1. The summed E-state index contributed by atoms with van der Waals surface area (Å²) in [5.41, 5.74) is -0.874. The fourth-order valence-electron chi connectivity index (χ4n) is 2.07. The van der Waals surface area contributed by atoms with Crippen molar-refractivity contribution in [3.05, 3.63) is 27.9 Å². The second-order valence-electron chi connectivity index (χ2n) is 4.98. The predicted molar refractivity (Wildman–Crippen MR) is 69.7 cm³/mol. The fraction of sp³-hybridized carbons (Fsp3) is 0.500. The third-order valence-electron chi connectivity index (χ3n) is 3.55. The number of rotatable bonds is 7. The van der Waals surface area contributed by atoms with Crippen molar-refractivity contribution < 1.29 is 19.9 Å².